The fourth-order valence-electron chi connectivity index (χ4n) is 8.58. The molecule has 0 N–H and O–H groups in total. The molecule has 3 aromatic rings. The van der Waals surface area contributed by atoms with Crippen LogP contribution in [0.5, 0.6) is 23.0 Å². The van der Waals surface area contributed by atoms with E-state index in [1.807, 2.05) is 31.2 Å². The van der Waals surface area contributed by atoms with Crippen molar-refractivity contribution in [3.05, 3.63) is 72.3 Å². The Labute approximate surface area is 355 Å². The van der Waals surface area contributed by atoms with E-state index in [1.54, 1.807) is 42.5 Å². The van der Waals surface area contributed by atoms with Gasteiger partial charge in [-0.3, -0.25) is 9.59 Å². The van der Waals surface area contributed by atoms with Gasteiger partial charge in [0.1, 0.15) is 29.0 Å². The lowest BCUT2D eigenvalue weighted by atomic mass is 9.80. The zero-order valence-corrected chi connectivity index (χ0v) is 36.6. The molecule has 322 valence electrons. The summed E-state index contributed by atoms with van der Waals surface area (Å²) in [4.78, 5) is 26.4. The number of rotatable bonds is 24. The number of benzene rings is 3. The number of unbranched alkanes of at least 4 members (excludes halogenated alkanes) is 8. The molecule has 3 aromatic carbocycles. The summed E-state index contributed by atoms with van der Waals surface area (Å²) in [6.07, 6.45) is 23.7. The van der Waals surface area contributed by atoms with E-state index in [-0.39, 0.29) is 29.9 Å². The molecule has 0 saturated heterocycles. The fraction of sp³-hybridized carbons (Fsp3) is 0.608. The number of ether oxygens (including phenoxy) is 4. The lowest BCUT2D eigenvalue weighted by Gasteiger charge is -2.27. The predicted molar refractivity (Wildman–Crippen MR) is 237 cm³/mol. The van der Waals surface area contributed by atoms with Crippen LogP contribution in [0.2, 0.25) is 0 Å². The first-order valence-electron chi connectivity index (χ1n) is 23.3. The normalized spacial score (nSPS) is 19.9. The number of carbonyl (C=O) groups is 2. The largest absolute Gasteiger partial charge is 0.494 e. The fourth-order valence-corrected chi connectivity index (χ4v) is 8.58. The molecule has 1 unspecified atom stereocenters. The summed E-state index contributed by atoms with van der Waals surface area (Å²) in [5, 5.41) is 9.10. The van der Waals surface area contributed by atoms with E-state index in [0.717, 1.165) is 75.0 Å². The highest BCUT2D eigenvalue weighted by molar-refractivity contribution is 5.76. The van der Waals surface area contributed by atoms with Gasteiger partial charge >= 0.3 is 11.9 Å². The van der Waals surface area contributed by atoms with Gasteiger partial charge in [-0.15, -0.1) is 5.11 Å². The maximum absolute atomic E-state index is 13.4. The molecule has 0 spiro atoms. The monoisotopic (exact) mass is 809 g/mol. The number of carbonyl (C=O) groups excluding carboxylic acids is 2. The molecule has 59 heavy (non-hydrogen) atoms. The van der Waals surface area contributed by atoms with Gasteiger partial charge in [0.15, 0.2) is 5.75 Å². The van der Waals surface area contributed by atoms with E-state index in [4.69, 9.17) is 18.9 Å². The van der Waals surface area contributed by atoms with Gasteiger partial charge in [0.25, 0.3) is 0 Å². The van der Waals surface area contributed by atoms with Crippen molar-refractivity contribution in [3.8, 4) is 23.0 Å². The molecule has 1 atom stereocenters. The highest BCUT2D eigenvalue weighted by Crippen LogP contribution is 2.39. The molecule has 0 radical (unpaired) electrons. The van der Waals surface area contributed by atoms with Crippen LogP contribution in [-0.2, 0) is 9.59 Å². The molecule has 2 fully saturated rings. The molecule has 2 aliphatic carbocycles. The summed E-state index contributed by atoms with van der Waals surface area (Å²) in [7, 11) is 0. The Morgan fingerprint density at radius 1 is 0.593 bits per heavy atom. The van der Waals surface area contributed by atoms with E-state index < -0.39 is 0 Å². The molecule has 8 heteroatoms. The smallest absolute Gasteiger partial charge is 0.314 e. The van der Waals surface area contributed by atoms with Crippen LogP contribution in [0.3, 0.4) is 0 Å². The Morgan fingerprint density at radius 2 is 1.15 bits per heavy atom. The van der Waals surface area contributed by atoms with Crippen molar-refractivity contribution in [2.45, 2.75) is 169 Å². The van der Waals surface area contributed by atoms with Gasteiger partial charge < -0.3 is 18.9 Å². The average molecular weight is 809 g/mol. The van der Waals surface area contributed by atoms with Gasteiger partial charge in [0, 0.05) is 6.07 Å². The molecule has 0 heterocycles. The second-order valence-electron chi connectivity index (χ2n) is 17.2. The molecular weight excluding hydrogens is 737 g/mol. The molecule has 0 aliphatic heterocycles. The molecule has 2 saturated carbocycles. The van der Waals surface area contributed by atoms with Crippen molar-refractivity contribution in [1.29, 1.82) is 0 Å². The van der Waals surface area contributed by atoms with Gasteiger partial charge in [-0.1, -0.05) is 110 Å². The third-order valence-electron chi connectivity index (χ3n) is 12.4. The Bertz CT molecular complexity index is 1710. The van der Waals surface area contributed by atoms with Crippen molar-refractivity contribution in [3.63, 3.8) is 0 Å². The Kier molecular flexibility index (Phi) is 19.8. The lowest BCUT2D eigenvalue weighted by molar-refractivity contribution is -0.141. The summed E-state index contributed by atoms with van der Waals surface area (Å²) in [5.41, 5.74) is 2.07. The third kappa shape index (κ3) is 15.7. The summed E-state index contributed by atoms with van der Waals surface area (Å²) in [6.45, 7) is 9.38. The van der Waals surface area contributed by atoms with E-state index in [0.29, 0.717) is 41.1 Å². The van der Waals surface area contributed by atoms with Crippen LogP contribution in [0.4, 0.5) is 11.4 Å². The zero-order chi connectivity index (χ0) is 41.7. The van der Waals surface area contributed by atoms with Crippen LogP contribution in [-0.4, -0.2) is 18.5 Å². The molecule has 0 amide bonds. The van der Waals surface area contributed by atoms with Crippen molar-refractivity contribution < 1.29 is 28.5 Å². The van der Waals surface area contributed by atoms with Crippen molar-refractivity contribution in [2.75, 3.05) is 6.61 Å². The number of azo groups is 1. The van der Waals surface area contributed by atoms with Crippen LogP contribution < -0.4 is 18.9 Å². The van der Waals surface area contributed by atoms with E-state index in [1.165, 1.54) is 77.0 Å². The first kappa shape index (κ1) is 45.9. The first-order chi connectivity index (χ1) is 28.8. The lowest BCUT2D eigenvalue weighted by Crippen LogP contribution is -2.25. The summed E-state index contributed by atoms with van der Waals surface area (Å²) >= 11 is 0. The number of hydrogen-bond donors (Lipinski definition) is 0. The minimum atomic E-state index is -0.351. The minimum absolute atomic E-state index is 0.0366. The van der Waals surface area contributed by atoms with Crippen LogP contribution >= 0.6 is 0 Å². The number of nitrogens with zero attached hydrogens (tertiary/aromatic N) is 2. The second kappa shape index (κ2) is 25.4. The van der Waals surface area contributed by atoms with Crippen LogP contribution in [0.25, 0.3) is 0 Å². The van der Waals surface area contributed by atoms with Gasteiger partial charge in [-0.25, -0.2) is 0 Å². The van der Waals surface area contributed by atoms with Crippen LogP contribution in [0, 0.1) is 23.7 Å². The number of esters is 2. The summed E-state index contributed by atoms with van der Waals surface area (Å²) in [5.74, 6) is 3.22. The Morgan fingerprint density at radius 3 is 1.76 bits per heavy atom. The standard InChI is InChI=1S/C51H72N2O6/c1-5-8-11-12-15-35-56-46-20-16-19-43(36-46)38(4)57-49-37-47(59-51(55)42-27-23-40(24-28-42)18-14-10-7-3)33-34-48(49)53-52-44-29-31-45(32-30-44)58-50(54)41-25-21-39(22-26-41)17-13-9-6-2/h16,19-20,29-34,36-42H,5-15,17-18,21-28,35H2,1-4H3. The highest BCUT2D eigenvalue weighted by atomic mass is 16.5. The van der Waals surface area contributed by atoms with Gasteiger partial charge in [0.05, 0.1) is 24.1 Å². The van der Waals surface area contributed by atoms with Crippen molar-refractivity contribution in [2.24, 2.45) is 33.9 Å². The highest BCUT2D eigenvalue weighted by Gasteiger charge is 2.29. The molecule has 5 rings (SSSR count). The first-order valence-corrected chi connectivity index (χ1v) is 23.3. The predicted octanol–water partition coefficient (Wildman–Crippen LogP) is 15.2. The van der Waals surface area contributed by atoms with Gasteiger partial charge in [0.2, 0.25) is 0 Å². The van der Waals surface area contributed by atoms with Crippen LogP contribution in [0.15, 0.2) is 77.0 Å². The maximum atomic E-state index is 13.4. The summed E-state index contributed by atoms with van der Waals surface area (Å²) < 4.78 is 24.4. The SMILES string of the molecule is CCCCCCCOc1cccc(C(C)Oc2cc(OC(=O)C3CCC(CCCCC)CC3)ccc2N=Nc2ccc(OC(=O)C3CCC(CCCCC)CC3)cc2)c1. The van der Waals surface area contributed by atoms with E-state index >= 15 is 0 Å². The molecule has 0 aromatic heterocycles. The average Bonchev–Trinajstić information content (AvgIpc) is 3.26. The molecule has 8 nitrogen and oxygen atoms in total. The van der Waals surface area contributed by atoms with Gasteiger partial charge in [-0.05, 0) is 131 Å². The summed E-state index contributed by atoms with van der Waals surface area (Å²) in [6, 6.07) is 20.4. The molecule has 2 aliphatic rings. The van der Waals surface area contributed by atoms with Crippen molar-refractivity contribution in [1.82, 2.24) is 0 Å². The third-order valence-corrected chi connectivity index (χ3v) is 12.4. The maximum Gasteiger partial charge on any atom is 0.314 e. The van der Waals surface area contributed by atoms with E-state index in [9.17, 15) is 9.59 Å². The molecular formula is C51H72N2O6. The van der Waals surface area contributed by atoms with E-state index in [2.05, 4.69) is 31.0 Å². The number of hydrogen-bond acceptors (Lipinski definition) is 8. The molecule has 0 bridgehead atoms. The Hall–Kier alpha value is -4.20. The quantitative estimate of drug-likeness (QED) is 0.0387. The Balaban J connectivity index is 1.23. The van der Waals surface area contributed by atoms with Crippen molar-refractivity contribution >= 4 is 23.3 Å². The van der Waals surface area contributed by atoms with Gasteiger partial charge in [-0.2, -0.15) is 5.11 Å². The van der Waals surface area contributed by atoms with Crippen LogP contribution in [0.1, 0.15) is 174 Å². The topological polar surface area (TPSA) is 95.8 Å². The minimum Gasteiger partial charge on any atom is -0.494 e. The zero-order valence-electron chi connectivity index (χ0n) is 36.6. The second-order valence-corrected chi connectivity index (χ2v) is 17.2.